The monoisotopic (exact) mass is 403 g/mol. The molecule has 1 N–H and O–H groups in total. The molecule has 0 aliphatic carbocycles. The number of nitrogens with one attached hydrogen (secondary N) is 1. The molecule has 4 rings (SSSR count). The van der Waals surface area contributed by atoms with Crippen molar-refractivity contribution in [1.29, 1.82) is 0 Å². The summed E-state index contributed by atoms with van der Waals surface area (Å²) >= 11 is 0. The molecule has 0 aliphatic heterocycles. The summed E-state index contributed by atoms with van der Waals surface area (Å²) in [5.41, 5.74) is 5.20. The molecule has 0 atom stereocenters. The Morgan fingerprint density at radius 3 is 2.57 bits per heavy atom. The topological polar surface area (TPSA) is 90.5 Å². The van der Waals surface area contributed by atoms with Crippen molar-refractivity contribution in [2.45, 2.75) is 39.8 Å². The molecule has 8 heteroatoms. The zero-order valence-electron chi connectivity index (χ0n) is 17.6. The standard InChI is InChI=1S/C22H25N7O/c1-14(2)19-9-18(20-15(3)27-28(4)21(20)26-19)22(30)24-10-16-5-7-17(8-6-16)11-29-13-23-12-25-29/h5-9,12-14H,10-11H2,1-4H3,(H,24,30). The van der Waals surface area contributed by atoms with Crippen LogP contribution in [0.3, 0.4) is 0 Å². The predicted molar refractivity (Wildman–Crippen MR) is 114 cm³/mol. The van der Waals surface area contributed by atoms with E-state index in [9.17, 15) is 4.79 Å². The van der Waals surface area contributed by atoms with Crippen LogP contribution in [0.25, 0.3) is 11.0 Å². The molecule has 4 aromatic rings. The van der Waals surface area contributed by atoms with E-state index >= 15 is 0 Å². The fourth-order valence-corrected chi connectivity index (χ4v) is 3.48. The van der Waals surface area contributed by atoms with Gasteiger partial charge < -0.3 is 5.32 Å². The average Bonchev–Trinajstić information content (AvgIpc) is 3.34. The highest BCUT2D eigenvalue weighted by molar-refractivity contribution is 6.06. The number of nitrogens with zero attached hydrogens (tertiary/aromatic N) is 6. The number of fused-ring (bicyclic) bond motifs is 1. The second-order valence-electron chi connectivity index (χ2n) is 7.75. The Labute approximate surface area is 175 Å². The number of benzene rings is 1. The number of amides is 1. The van der Waals surface area contributed by atoms with Crippen molar-refractivity contribution < 1.29 is 4.79 Å². The van der Waals surface area contributed by atoms with Gasteiger partial charge in [0.15, 0.2) is 5.65 Å². The Morgan fingerprint density at radius 1 is 1.17 bits per heavy atom. The van der Waals surface area contributed by atoms with Crippen LogP contribution in [0.2, 0.25) is 0 Å². The highest BCUT2D eigenvalue weighted by atomic mass is 16.1. The molecule has 8 nitrogen and oxygen atoms in total. The molecule has 3 heterocycles. The second kappa shape index (κ2) is 8.06. The van der Waals surface area contributed by atoms with Crippen LogP contribution in [0.1, 0.15) is 52.6 Å². The van der Waals surface area contributed by atoms with E-state index in [0.717, 1.165) is 33.5 Å². The van der Waals surface area contributed by atoms with E-state index in [1.54, 1.807) is 15.7 Å². The molecular formula is C22H25N7O. The molecule has 0 spiro atoms. The largest absolute Gasteiger partial charge is 0.348 e. The molecule has 154 valence electrons. The van der Waals surface area contributed by atoms with E-state index in [4.69, 9.17) is 4.98 Å². The summed E-state index contributed by atoms with van der Waals surface area (Å²) in [6, 6.07) is 10.00. The number of pyridine rings is 1. The van der Waals surface area contributed by atoms with Gasteiger partial charge in [-0.25, -0.2) is 14.6 Å². The first-order valence-electron chi connectivity index (χ1n) is 9.95. The third-order valence-electron chi connectivity index (χ3n) is 5.11. The number of aryl methyl sites for hydroxylation is 2. The van der Waals surface area contributed by atoms with Gasteiger partial charge in [0.2, 0.25) is 0 Å². The van der Waals surface area contributed by atoms with Crippen LogP contribution in [0, 0.1) is 6.92 Å². The molecule has 0 unspecified atom stereocenters. The first kappa shape index (κ1) is 19.8. The molecule has 1 amide bonds. The van der Waals surface area contributed by atoms with Crippen molar-refractivity contribution in [3.63, 3.8) is 0 Å². The highest BCUT2D eigenvalue weighted by Crippen LogP contribution is 2.25. The van der Waals surface area contributed by atoms with Gasteiger partial charge in [-0.3, -0.25) is 9.48 Å². The van der Waals surface area contributed by atoms with Crippen molar-refractivity contribution in [3.8, 4) is 0 Å². The van der Waals surface area contributed by atoms with Gasteiger partial charge in [0.25, 0.3) is 5.91 Å². The third kappa shape index (κ3) is 3.94. The van der Waals surface area contributed by atoms with Gasteiger partial charge in [-0.2, -0.15) is 10.2 Å². The molecule has 0 fully saturated rings. The van der Waals surface area contributed by atoms with Crippen LogP contribution in [-0.4, -0.2) is 35.4 Å². The van der Waals surface area contributed by atoms with Crippen LogP contribution < -0.4 is 5.32 Å². The Hall–Kier alpha value is -3.55. The van der Waals surface area contributed by atoms with Gasteiger partial charge in [0.1, 0.15) is 12.7 Å². The molecular weight excluding hydrogens is 378 g/mol. The first-order valence-corrected chi connectivity index (χ1v) is 9.95. The number of rotatable bonds is 6. The van der Waals surface area contributed by atoms with Gasteiger partial charge in [-0.15, -0.1) is 0 Å². The van der Waals surface area contributed by atoms with Crippen LogP contribution in [-0.2, 0) is 20.1 Å². The summed E-state index contributed by atoms with van der Waals surface area (Å²) in [4.78, 5) is 21.7. The third-order valence-corrected chi connectivity index (χ3v) is 5.11. The summed E-state index contributed by atoms with van der Waals surface area (Å²) < 4.78 is 3.51. The normalized spacial score (nSPS) is 11.4. The van der Waals surface area contributed by atoms with Crippen molar-refractivity contribution in [2.75, 3.05) is 0 Å². The molecule has 3 aromatic heterocycles. The lowest BCUT2D eigenvalue weighted by Gasteiger charge is -2.11. The molecule has 1 aromatic carbocycles. The Kier molecular flexibility index (Phi) is 5.31. The van der Waals surface area contributed by atoms with Crippen molar-refractivity contribution in [2.24, 2.45) is 7.05 Å². The number of carbonyl (C=O) groups is 1. The Balaban J connectivity index is 1.52. The minimum Gasteiger partial charge on any atom is -0.348 e. The lowest BCUT2D eigenvalue weighted by molar-refractivity contribution is 0.0952. The van der Waals surface area contributed by atoms with Crippen molar-refractivity contribution in [3.05, 3.63) is 71.1 Å². The number of aromatic nitrogens is 6. The van der Waals surface area contributed by atoms with E-state index in [1.165, 1.54) is 6.33 Å². The van der Waals surface area contributed by atoms with E-state index < -0.39 is 0 Å². The molecule has 0 radical (unpaired) electrons. The zero-order chi connectivity index (χ0) is 21.3. The Morgan fingerprint density at radius 2 is 1.90 bits per heavy atom. The van der Waals surface area contributed by atoms with Crippen molar-refractivity contribution >= 4 is 16.9 Å². The van der Waals surface area contributed by atoms with Gasteiger partial charge in [-0.1, -0.05) is 38.1 Å². The van der Waals surface area contributed by atoms with E-state index in [0.29, 0.717) is 18.7 Å². The SMILES string of the molecule is Cc1nn(C)c2nc(C(C)C)cc(C(=O)NCc3ccc(Cn4cncn4)cc3)c12. The summed E-state index contributed by atoms with van der Waals surface area (Å²) in [6.45, 7) is 7.16. The second-order valence-corrected chi connectivity index (χ2v) is 7.75. The quantitative estimate of drug-likeness (QED) is 0.534. The zero-order valence-corrected chi connectivity index (χ0v) is 17.6. The lowest BCUT2D eigenvalue weighted by atomic mass is 10.0. The maximum absolute atomic E-state index is 13.1. The van der Waals surface area contributed by atoms with Gasteiger partial charge in [0.05, 0.1) is 23.2 Å². The maximum atomic E-state index is 13.1. The summed E-state index contributed by atoms with van der Waals surface area (Å²) in [5.74, 6) is 0.0979. The van der Waals surface area contributed by atoms with Crippen LogP contribution >= 0.6 is 0 Å². The predicted octanol–water partition coefficient (Wildman–Crippen LogP) is 2.97. The van der Waals surface area contributed by atoms with E-state index in [-0.39, 0.29) is 11.8 Å². The minimum absolute atomic E-state index is 0.118. The number of hydrogen-bond acceptors (Lipinski definition) is 5. The first-order chi connectivity index (χ1) is 14.4. The van der Waals surface area contributed by atoms with Gasteiger partial charge in [-0.05, 0) is 30.0 Å². The van der Waals surface area contributed by atoms with Gasteiger partial charge >= 0.3 is 0 Å². The number of hydrogen-bond donors (Lipinski definition) is 1. The van der Waals surface area contributed by atoms with E-state index in [2.05, 4.69) is 34.3 Å². The number of carbonyl (C=O) groups excluding carboxylic acids is 1. The maximum Gasteiger partial charge on any atom is 0.252 e. The smallest absolute Gasteiger partial charge is 0.252 e. The fourth-order valence-electron chi connectivity index (χ4n) is 3.48. The average molecular weight is 403 g/mol. The molecule has 30 heavy (non-hydrogen) atoms. The minimum atomic E-state index is -0.118. The molecule has 0 aliphatic rings. The van der Waals surface area contributed by atoms with Crippen LogP contribution in [0.4, 0.5) is 0 Å². The summed E-state index contributed by atoms with van der Waals surface area (Å²) in [7, 11) is 1.86. The van der Waals surface area contributed by atoms with Crippen LogP contribution in [0.5, 0.6) is 0 Å². The highest BCUT2D eigenvalue weighted by Gasteiger charge is 2.19. The van der Waals surface area contributed by atoms with Crippen molar-refractivity contribution in [1.82, 2.24) is 34.8 Å². The molecule has 0 saturated heterocycles. The fraction of sp³-hybridized carbons (Fsp3) is 0.318. The lowest BCUT2D eigenvalue weighted by Crippen LogP contribution is -2.23. The van der Waals surface area contributed by atoms with Gasteiger partial charge in [0, 0.05) is 19.3 Å². The Bertz CT molecular complexity index is 1170. The van der Waals surface area contributed by atoms with E-state index in [1.807, 2.05) is 44.3 Å². The van der Waals surface area contributed by atoms with Crippen LogP contribution in [0.15, 0.2) is 43.0 Å². The molecule has 0 saturated carbocycles. The summed E-state index contributed by atoms with van der Waals surface area (Å²) in [6.07, 6.45) is 3.21. The summed E-state index contributed by atoms with van der Waals surface area (Å²) in [5, 5.41) is 12.4. The molecule has 0 bridgehead atoms.